The van der Waals surface area contributed by atoms with Gasteiger partial charge in [0.2, 0.25) is 0 Å². The maximum Gasteiger partial charge on any atom is 0.304 e. The van der Waals surface area contributed by atoms with Crippen LogP contribution in [0.25, 0.3) is 0 Å². The van der Waals surface area contributed by atoms with E-state index in [1.165, 1.54) is 12.8 Å². The third-order valence-electron chi connectivity index (χ3n) is 2.51. The highest BCUT2D eigenvalue weighted by Crippen LogP contribution is 1.99. The second kappa shape index (κ2) is 5.53. The maximum absolute atomic E-state index is 10.8. The van der Waals surface area contributed by atoms with Gasteiger partial charge in [-0.05, 0) is 12.8 Å². The van der Waals surface area contributed by atoms with Crippen LogP contribution in [-0.2, 0) is 13.6 Å². The van der Waals surface area contributed by atoms with Crippen molar-refractivity contribution in [2.45, 2.75) is 39.2 Å². The first-order chi connectivity index (χ1) is 7.16. The molecule has 0 radical (unpaired) electrons. The molecule has 0 saturated heterocycles. The van der Waals surface area contributed by atoms with Crippen molar-refractivity contribution >= 4 is 5.97 Å². The molecule has 0 aliphatic rings. The molecule has 0 spiro atoms. The number of carbonyl (C=O) groups is 1. The summed E-state index contributed by atoms with van der Waals surface area (Å²) >= 11 is 0. The second-order valence-electron chi connectivity index (χ2n) is 3.77. The highest BCUT2D eigenvalue weighted by molar-refractivity contribution is 5.79. The van der Waals surface area contributed by atoms with E-state index in [0.29, 0.717) is 0 Å². The van der Waals surface area contributed by atoms with Crippen LogP contribution in [0.5, 0.6) is 0 Å². The van der Waals surface area contributed by atoms with Crippen molar-refractivity contribution in [3.05, 3.63) is 18.2 Å². The Balaban J connectivity index is 2.57. The lowest BCUT2D eigenvalue weighted by Gasteiger charge is -2.02. The zero-order valence-electron chi connectivity index (χ0n) is 9.40. The molecule has 0 fully saturated rings. The van der Waals surface area contributed by atoms with Crippen molar-refractivity contribution < 1.29 is 14.5 Å². The Morgan fingerprint density at radius 1 is 1.47 bits per heavy atom. The van der Waals surface area contributed by atoms with E-state index < -0.39 is 5.97 Å². The number of hydrogen-bond donors (Lipinski definition) is 0. The molecule has 0 saturated carbocycles. The predicted octanol–water partition coefficient (Wildman–Crippen LogP) is 0.256. The summed E-state index contributed by atoms with van der Waals surface area (Å²) in [6.07, 6.45) is 8.08. The van der Waals surface area contributed by atoms with Crippen molar-refractivity contribution in [2.75, 3.05) is 0 Å². The van der Waals surface area contributed by atoms with Gasteiger partial charge in [-0.2, -0.15) is 0 Å². The summed E-state index contributed by atoms with van der Waals surface area (Å²) in [6, 6.07) is 0. The van der Waals surface area contributed by atoms with Crippen molar-refractivity contribution in [1.82, 2.24) is 4.57 Å². The van der Waals surface area contributed by atoms with E-state index in [9.17, 15) is 9.90 Å². The number of imidazole rings is 1. The molecule has 0 aromatic carbocycles. The van der Waals surface area contributed by atoms with E-state index in [0.717, 1.165) is 19.4 Å². The summed E-state index contributed by atoms with van der Waals surface area (Å²) in [4.78, 5) is 10.8. The van der Waals surface area contributed by atoms with Gasteiger partial charge in [0.15, 0.2) is 5.97 Å². The highest BCUT2D eigenvalue weighted by Gasteiger charge is 2.14. The predicted molar refractivity (Wildman–Crippen MR) is 54.1 cm³/mol. The largest absolute Gasteiger partial charge is 0.538 e. The number of nitrogens with zero attached hydrogens (tertiary/aromatic N) is 2. The van der Waals surface area contributed by atoms with Crippen LogP contribution in [0.2, 0.25) is 0 Å². The van der Waals surface area contributed by atoms with E-state index in [2.05, 4.69) is 6.92 Å². The van der Waals surface area contributed by atoms with Gasteiger partial charge in [-0.15, -0.1) is 0 Å². The average Bonchev–Trinajstić information content (AvgIpc) is 2.54. The molecule has 1 rings (SSSR count). The molecule has 0 N–H and O–H groups in total. The molecule has 0 amide bonds. The Labute approximate surface area is 90.2 Å². The number of carboxylic acid groups (broad SMARTS) is 1. The number of carbonyl (C=O) groups excluding carboxylic acids is 1. The fourth-order valence-corrected chi connectivity index (χ4v) is 1.67. The number of aromatic carboxylic acids is 1. The highest BCUT2D eigenvalue weighted by atomic mass is 16.4. The van der Waals surface area contributed by atoms with Crippen molar-refractivity contribution in [2.24, 2.45) is 7.05 Å². The number of hydrogen-bond acceptors (Lipinski definition) is 2. The van der Waals surface area contributed by atoms with Gasteiger partial charge in [-0.1, -0.05) is 19.8 Å². The summed E-state index contributed by atoms with van der Waals surface area (Å²) in [7, 11) is 1.72. The van der Waals surface area contributed by atoms with Gasteiger partial charge in [0.25, 0.3) is 0 Å². The standard InChI is InChI=1S/C11H18N2O2/c1-3-4-5-6-7-13-9-8-12(2)10(13)11(14)15/h8-9H,3-7H2,1-2H3. The Morgan fingerprint density at radius 3 is 2.80 bits per heavy atom. The summed E-state index contributed by atoms with van der Waals surface area (Å²) in [5.74, 6) is -0.871. The minimum Gasteiger partial charge on any atom is -0.538 e. The van der Waals surface area contributed by atoms with E-state index in [1.54, 1.807) is 28.6 Å². The fraction of sp³-hybridized carbons (Fsp3) is 0.636. The Kier molecular flexibility index (Phi) is 4.34. The molecule has 1 heterocycles. The summed E-state index contributed by atoms with van der Waals surface area (Å²) in [5, 5.41) is 10.8. The van der Waals surface area contributed by atoms with E-state index in [1.807, 2.05) is 0 Å². The van der Waals surface area contributed by atoms with Crippen LogP contribution in [0.4, 0.5) is 0 Å². The van der Waals surface area contributed by atoms with Crippen LogP contribution >= 0.6 is 0 Å². The SMILES string of the molecule is CCCCCC[n+]1ccn(C)c1C(=O)[O-]. The minimum atomic E-state index is -1.11. The number of rotatable bonds is 6. The number of aryl methyl sites for hydroxylation is 2. The molecule has 0 unspecified atom stereocenters. The third kappa shape index (κ3) is 3.08. The molecule has 4 heteroatoms. The molecular weight excluding hydrogens is 192 g/mol. The topological polar surface area (TPSA) is 48.9 Å². The molecule has 84 valence electrons. The Bertz CT molecular complexity index is 331. The first kappa shape index (κ1) is 11.8. The van der Waals surface area contributed by atoms with E-state index >= 15 is 0 Å². The third-order valence-corrected chi connectivity index (χ3v) is 2.51. The Hall–Kier alpha value is -1.32. The number of carboxylic acids is 1. The molecular formula is C11H18N2O2. The van der Waals surface area contributed by atoms with Crippen LogP contribution in [-0.4, -0.2) is 10.5 Å². The van der Waals surface area contributed by atoms with Gasteiger partial charge in [-0.3, -0.25) is 0 Å². The normalized spacial score (nSPS) is 10.5. The van der Waals surface area contributed by atoms with Crippen LogP contribution in [0.3, 0.4) is 0 Å². The molecule has 15 heavy (non-hydrogen) atoms. The average molecular weight is 210 g/mol. The lowest BCUT2D eigenvalue weighted by atomic mass is 10.2. The first-order valence-electron chi connectivity index (χ1n) is 5.43. The van der Waals surface area contributed by atoms with Crippen molar-refractivity contribution in [3.63, 3.8) is 0 Å². The maximum atomic E-state index is 10.8. The Morgan fingerprint density at radius 2 is 2.20 bits per heavy atom. The first-order valence-corrected chi connectivity index (χ1v) is 5.43. The quantitative estimate of drug-likeness (QED) is 0.499. The van der Waals surface area contributed by atoms with Gasteiger partial charge in [0, 0.05) is 0 Å². The molecule has 4 nitrogen and oxygen atoms in total. The lowest BCUT2D eigenvalue weighted by Crippen LogP contribution is -2.44. The molecule has 0 bridgehead atoms. The van der Waals surface area contributed by atoms with Gasteiger partial charge >= 0.3 is 5.82 Å². The molecule has 0 atom stereocenters. The fourth-order valence-electron chi connectivity index (χ4n) is 1.67. The molecule has 1 aromatic heterocycles. The molecule has 0 aliphatic heterocycles. The van der Waals surface area contributed by atoms with E-state index in [4.69, 9.17) is 0 Å². The summed E-state index contributed by atoms with van der Waals surface area (Å²) < 4.78 is 3.32. The van der Waals surface area contributed by atoms with E-state index in [-0.39, 0.29) is 5.82 Å². The van der Waals surface area contributed by atoms with Gasteiger partial charge in [0.1, 0.15) is 12.4 Å². The van der Waals surface area contributed by atoms with Gasteiger partial charge < -0.3 is 9.90 Å². The van der Waals surface area contributed by atoms with Crippen LogP contribution in [0, 0.1) is 0 Å². The van der Waals surface area contributed by atoms with Crippen LogP contribution < -0.4 is 9.67 Å². The number of aromatic nitrogens is 2. The van der Waals surface area contributed by atoms with Crippen molar-refractivity contribution in [3.8, 4) is 0 Å². The molecule has 0 aliphatic carbocycles. The minimum absolute atomic E-state index is 0.242. The van der Waals surface area contributed by atoms with Crippen LogP contribution in [0.15, 0.2) is 12.4 Å². The summed E-state index contributed by atoms with van der Waals surface area (Å²) in [6.45, 7) is 2.91. The zero-order chi connectivity index (χ0) is 11.3. The second-order valence-corrected chi connectivity index (χ2v) is 3.77. The molecule has 1 aromatic rings. The smallest absolute Gasteiger partial charge is 0.304 e. The van der Waals surface area contributed by atoms with Gasteiger partial charge in [0.05, 0.1) is 13.6 Å². The summed E-state index contributed by atoms with van der Waals surface area (Å²) in [5.41, 5.74) is 0. The number of unbranched alkanes of at least 4 members (excludes halogenated alkanes) is 3. The van der Waals surface area contributed by atoms with Crippen molar-refractivity contribution in [1.29, 1.82) is 0 Å². The lowest BCUT2D eigenvalue weighted by molar-refractivity contribution is -0.701. The van der Waals surface area contributed by atoms with Crippen LogP contribution in [0.1, 0.15) is 43.2 Å². The van der Waals surface area contributed by atoms with Gasteiger partial charge in [-0.25, -0.2) is 9.13 Å². The monoisotopic (exact) mass is 210 g/mol. The zero-order valence-corrected chi connectivity index (χ0v) is 9.40.